The van der Waals surface area contributed by atoms with E-state index in [0.717, 1.165) is 57.2 Å². The van der Waals surface area contributed by atoms with Crippen LogP contribution in [0.1, 0.15) is 24.0 Å². The van der Waals surface area contributed by atoms with Gasteiger partial charge in [-0.3, -0.25) is 0 Å². The van der Waals surface area contributed by atoms with E-state index in [1.807, 2.05) is 71.5 Å². The second-order valence-corrected chi connectivity index (χ2v) is 11.6. The summed E-state index contributed by atoms with van der Waals surface area (Å²) in [5, 5.41) is 31.7. The highest BCUT2D eigenvalue weighted by atomic mass is 35.5. The van der Waals surface area contributed by atoms with E-state index >= 15 is 0 Å². The van der Waals surface area contributed by atoms with Crippen molar-refractivity contribution in [2.24, 2.45) is 0 Å². The smallest absolute Gasteiger partial charge is 0.218 e. The second-order valence-electron chi connectivity index (χ2n) is 11.3. The number of aliphatic hydroxyl groups excluding tert-OH is 2. The molecule has 1 aliphatic carbocycles. The summed E-state index contributed by atoms with van der Waals surface area (Å²) in [6.45, 7) is 1.59. The first-order valence-corrected chi connectivity index (χ1v) is 15.6. The van der Waals surface area contributed by atoms with Crippen LogP contribution in [0.3, 0.4) is 0 Å². The molecule has 4 N–H and O–H groups in total. The number of hydrogen-bond acceptors (Lipinski definition) is 9. The molecule has 0 unspecified atom stereocenters. The Morgan fingerprint density at radius 1 is 0.913 bits per heavy atom. The maximum absolute atomic E-state index is 9.59. The molecule has 0 spiro atoms. The van der Waals surface area contributed by atoms with Crippen LogP contribution < -0.4 is 24.8 Å². The van der Waals surface area contributed by atoms with Gasteiger partial charge in [0.25, 0.3) is 0 Å². The lowest BCUT2D eigenvalue weighted by Crippen LogP contribution is -2.43. The summed E-state index contributed by atoms with van der Waals surface area (Å²) in [4.78, 5) is 4.81. The number of nitrogens with zero attached hydrogens (tertiary/aromatic N) is 3. The maximum Gasteiger partial charge on any atom is 0.218 e. The van der Waals surface area contributed by atoms with E-state index in [-0.39, 0.29) is 12.7 Å². The Kier molecular flexibility index (Phi) is 9.72. The molecular weight excluding hydrogens is 606 g/mol. The third kappa shape index (κ3) is 6.27. The number of halogens is 1. The van der Waals surface area contributed by atoms with Crippen molar-refractivity contribution in [1.82, 2.24) is 25.4 Å². The van der Waals surface area contributed by atoms with Crippen LogP contribution in [0.15, 0.2) is 66.9 Å². The summed E-state index contributed by atoms with van der Waals surface area (Å²) in [5.74, 6) is 1.85. The Labute approximate surface area is 272 Å². The molecule has 2 heterocycles. The Balaban J connectivity index is 1.34. The van der Waals surface area contributed by atoms with Crippen LogP contribution in [-0.2, 0) is 13.1 Å². The summed E-state index contributed by atoms with van der Waals surface area (Å²) in [7, 11) is 4.86. The Morgan fingerprint density at radius 2 is 1.63 bits per heavy atom. The molecule has 1 saturated carbocycles. The number of ether oxygens (including phenoxy) is 3. The van der Waals surface area contributed by atoms with Gasteiger partial charge in [0.05, 0.1) is 67.7 Å². The Bertz CT molecular complexity index is 1810. The van der Waals surface area contributed by atoms with E-state index in [1.54, 1.807) is 21.3 Å². The molecule has 10 nitrogen and oxygen atoms in total. The van der Waals surface area contributed by atoms with Crippen LogP contribution in [0.4, 0.5) is 0 Å². The quantitative estimate of drug-likeness (QED) is 0.129. The number of hydrogen-bond donors (Lipinski definition) is 4. The van der Waals surface area contributed by atoms with Crippen LogP contribution in [0.5, 0.6) is 17.4 Å². The van der Waals surface area contributed by atoms with Gasteiger partial charge in [0, 0.05) is 59.9 Å². The second kappa shape index (κ2) is 14.1. The highest BCUT2D eigenvalue weighted by molar-refractivity contribution is 6.36. The highest BCUT2D eigenvalue weighted by Crippen LogP contribution is 2.40. The van der Waals surface area contributed by atoms with Crippen molar-refractivity contribution in [1.29, 1.82) is 0 Å². The molecule has 0 atom stereocenters. The fourth-order valence-corrected chi connectivity index (χ4v) is 6.25. The molecular formula is C35H38ClN5O5. The first kappa shape index (κ1) is 31.8. The summed E-state index contributed by atoms with van der Waals surface area (Å²) < 4.78 is 19.0. The monoisotopic (exact) mass is 643 g/mol. The van der Waals surface area contributed by atoms with Gasteiger partial charge < -0.3 is 35.1 Å². The molecule has 0 amide bonds. The molecule has 240 valence electrons. The summed E-state index contributed by atoms with van der Waals surface area (Å²) in [6.07, 6.45) is 3.16. The average Bonchev–Trinajstić information content (AvgIpc) is 3.51. The molecule has 1 fully saturated rings. The van der Waals surface area contributed by atoms with E-state index in [9.17, 15) is 10.2 Å². The van der Waals surface area contributed by atoms with Crippen molar-refractivity contribution in [3.63, 3.8) is 0 Å². The molecule has 0 radical (unpaired) electrons. The zero-order chi connectivity index (χ0) is 32.2. The van der Waals surface area contributed by atoms with Gasteiger partial charge in [-0.15, -0.1) is 0 Å². The minimum atomic E-state index is -0.209. The first-order valence-electron chi connectivity index (χ1n) is 15.2. The van der Waals surface area contributed by atoms with Crippen LogP contribution in [0.25, 0.3) is 39.0 Å². The third-order valence-electron chi connectivity index (χ3n) is 8.43. The van der Waals surface area contributed by atoms with Gasteiger partial charge in [-0.1, -0.05) is 48.0 Å². The predicted molar refractivity (Wildman–Crippen MR) is 179 cm³/mol. The number of benzene rings is 3. The molecule has 0 saturated heterocycles. The van der Waals surface area contributed by atoms with E-state index in [4.69, 9.17) is 35.9 Å². The number of aliphatic hydroxyl groups is 2. The van der Waals surface area contributed by atoms with Crippen LogP contribution in [0.2, 0.25) is 5.02 Å². The van der Waals surface area contributed by atoms with Crippen molar-refractivity contribution in [2.45, 2.75) is 38.1 Å². The Hall–Kier alpha value is -4.19. The fourth-order valence-electron chi connectivity index (χ4n) is 5.93. The predicted octanol–water partition coefficient (Wildman–Crippen LogP) is 5.13. The lowest BCUT2D eigenvalue weighted by molar-refractivity contribution is 0.0618. The van der Waals surface area contributed by atoms with Crippen molar-refractivity contribution >= 4 is 22.5 Å². The van der Waals surface area contributed by atoms with E-state index < -0.39 is 0 Å². The van der Waals surface area contributed by atoms with Gasteiger partial charge >= 0.3 is 0 Å². The number of methoxy groups -OCH3 is 3. The van der Waals surface area contributed by atoms with Gasteiger partial charge in [-0.05, 0) is 30.5 Å². The minimum absolute atomic E-state index is 0.0410. The lowest BCUT2D eigenvalue weighted by atomic mass is 9.89. The number of pyridine rings is 1. The molecule has 5 aromatic rings. The highest BCUT2D eigenvalue weighted by Gasteiger charge is 2.27. The topological polar surface area (TPSA) is 123 Å². The number of aromatic nitrogens is 3. The van der Waals surface area contributed by atoms with Crippen LogP contribution in [0, 0.1) is 0 Å². The van der Waals surface area contributed by atoms with Crippen molar-refractivity contribution in [3.05, 3.63) is 83.0 Å². The molecule has 0 aliphatic heterocycles. The third-order valence-corrected chi connectivity index (χ3v) is 8.84. The normalized spacial score (nSPS) is 16.0. The Morgan fingerprint density at radius 3 is 2.33 bits per heavy atom. The SMILES string of the molecule is COc1cc(-n2ncc3c(-c4cccc(-c5ccc(CNC6CC(O)C6)c(OC)n5)c4Cl)cccc32)cc(OC)c1CNCCO. The fraction of sp³-hybridized carbons (Fsp3) is 0.314. The molecule has 11 heteroatoms. The molecule has 2 aromatic heterocycles. The maximum atomic E-state index is 9.59. The number of nitrogens with one attached hydrogen (secondary N) is 2. The lowest BCUT2D eigenvalue weighted by Gasteiger charge is -2.32. The largest absolute Gasteiger partial charge is 0.496 e. The van der Waals surface area contributed by atoms with Gasteiger partial charge in [0.1, 0.15) is 11.5 Å². The van der Waals surface area contributed by atoms with Crippen LogP contribution >= 0.6 is 11.6 Å². The summed E-state index contributed by atoms with van der Waals surface area (Å²) in [6, 6.07) is 20.1. The van der Waals surface area contributed by atoms with Crippen LogP contribution in [-0.4, -0.2) is 71.6 Å². The van der Waals surface area contributed by atoms with Gasteiger partial charge in [-0.2, -0.15) is 5.10 Å². The minimum Gasteiger partial charge on any atom is -0.496 e. The van der Waals surface area contributed by atoms with E-state index in [0.29, 0.717) is 53.8 Å². The molecule has 1 aliphatic rings. The summed E-state index contributed by atoms with van der Waals surface area (Å²) >= 11 is 7.13. The zero-order valence-corrected chi connectivity index (χ0v) is 26.8. The van der Waals surface area contributed by atoms with Crippen molar-refractivity contribution in [3.8, 4) is 45.5 Å². The standard InChI is InChI=1S/C35H38ClN5O5/c1-44-32-16-23(17-33(45-2)29(32)19-37-12-13-42)41-31-9-5-6-25(28(31)20-39-41)26-7-4-8-27(34(26)36)30-11-10-21(35(40-30)46-3)18-38-22-14-24(43)15-22/h4-11,16-17,20,22,24,37-38,42-43H,12-15,18-19H2,1-3H3. The van der Waals surface area contributed by atoms with Gasteiger partial charge in [-0.25, -0.2) is 9.67 Å². The molecule has 3 aromatic carbocycles. The molecule has 0 bridgehead atoms. The number of rotatable bonds is 13. The number of fused-ring (bicyclic) bond motifs is 1. The average molecular weight is 644 g/mol. The van der Waals surface area contributed by atoms with Crippen molar-refractivity contribution in [2.75, 3.05) is 34.5 Å². The van der Waals surface area contributed by atoms with E-state index in [2.05, 4.69) is 10.6 Å². The van der Waals surface area contributed by atoms with Gasteiger partial charge in [0.15, 0.2) is 0 Å². The molecule has 6 rings (SSSR count). The first-order chi connectivity index (χ1) is 22.4. The van der Waals surface area contributed by atoms with Crippen molar-refractivity contribution < 1.29 is 24.4 Å². The van der Waals surface area contributed by atoms with Gasteiger partial charge in [0.2, 0.25) is 5.88 Å². The van der Waals surface area contributed by atoms with E-state index in [1.165, 1.54) is 0 Å². The zero-order valence-electron chi connectivity index (χ0n) is 26.1. The summed E-state index contributed by atoms with van der Waals surface area (Å²) in [5.41, 5.74) is 6.78. The molecule has 46 heavy (non-hydrogen) atoms.